The molecule has 0 saturated carbocycles. The lowest BCUT2D eigenvalue weighted by atomic mass is 9.89. The quantitative estimate of drug-likeness (QED) is 0.143. The van der Waals surface area contributed by atoms with Crippen LogP contribution in [-0.4, -0.2) is 29.9 Å². The molecule has 290 valence electrons. The van der Waals surface area contributed by atoms with Gasteiger partial charge in [0, 0.05) is 33.4 Å². The Balaban J connectivity index is 1.12. The second kappa shape index (κ2) is 16.9. The zero-order valence-electron chi connectivity index (χ0n) is 33.3. The predicted molar refractivity (Wildman–Crippen MR) is 247 cm³/mol. The highest BCUT2D eigenvalue weighted by molar-refractivity contribution is 5.94. The van der Waals surface area contributed by atoms with Crippen molar-refractivity contribution in [2.45, 2.75) is 0 Å². The minimum Gasteiger partial charge on any atom is -0.208 e. The molecule has 62 heavy (non-hydrogen) atoms. The van der Waals surface area contributed by atoms with Gasteiger partial charge in [-0.1, -0.05) is 194 Å². The fourth-order valence-electron chi connectivity index (χ4n) is 7.62. The van der Waals surface area contributed by atoms with E-state index in [1.165, 1.54) is 0 Å². The van der Waals surface area contributed by atoms with Crippen molar-refractivity contribution in [1.82, 2.24) is 29.9 Å². The predicted octanol–water partition coefficient (Wildman–Crippen LogP) is 12.9. The minimum absolute atomic E-state index is 0.550. The summed E-state index contributed by atoms with van der Waals surface area (Å²) in [5, 5.41) is 9.37. The van der Waals surface area contributed by atoms with Crippen LogP contribution in [0, 0.1) is 11.3 Å². The van der Waals surface area contributed by atoms with Gasteiger partial charge in [0.25, 0.3) is 0 Å². The fourth-order valence-corrected chi connectivity index (χ4v) is 7.62. The molecule has 0 spiro atoms. The molecule has 0 atom stereocenters. The molecule has 7 heteroatoms. The van der Waals surface area contributed by atoms with Gasteiger partial charge in [-0.25, -0.2) is 29.9 Å². The summed E-state index contributed by atoms with van der Waals surface area (Å²) in [6.07, 6.45) is 0. The number of nitriles is 1. The number of rotatable bonds is 9. The molecule has 2 aromatic heterocycles. The minimum atomic E-state index is 0.550. The average Bonchev–Trinajstić information content (AvgIpc) is 3.37. The van der Waals surface area contributed by atoms with Gasteiger partial charge in [-0.2, -0.15) is 5.26 Å². The van der Waals surface area contributed by atoms with E-state index in [-0.39, 0.29) is 0 Å². The SMILES string of the molecule is N#Cc1ccc(-c2cccc(-c3nc(-c4ccccc4)nc(-c4ccccc4-c4ccccc4-c4ccccc4-c4nc(-c5ccccc5)nc(-c5ccccc5)n4)n3)c2)cc1. The maximum atomic E-state index is 9.37. The van der Waals surface area contributed by atoms with Crippen LogP contribution < -0.4 is 0 Å². The summed E-state index contributed by atoms with van der Waals surface area (Å²) < 4.78 is 0. The summed E-state index contributed by atoms with van der Waals surface area (Å²) >= 11 is 0. The lowest BCUT2D eigenvalue weighted by Crippen LogP contribution is -2.02. The number of aromatic nitrogens is 6. The van der Waals surface area contributed by atoms with Gasteiger partial charge in [0.1, 0.15) is 0 Å². The average molecular weight is 794 g/mol. The molecule has 0 N–H and O–H groups in total. The summed E-state index contributed by atoms with van der Waals surface area (Å²) in [5.41, 5.74) is 11.8. The van der Waals surface area contributed by atoms with Gasteiger partial charge in [-0.15, -0.1) is 0 Å². The Hall–Kier alpha value is -8.73. The Morgan fingerprint density at radius 2 is 0.548 bits per heavy atom. The van der Waals surface area contributed by atoms with Gasteiger partial charge in [0.15, 0.2) is 34.9 Å². The van der Waals surface area contributed by atoms with Crippen molar-refractivity contribution in [3.8, 4) is 108 Å². The third kappa shape index (κ3) is 7.63. The molecule has 10 rings (SSSR count). The van der Waals surface area contributed by atoms with Crippen molar-refractivity contribution in [1.29, 1.82) is 5.26 Å². The molecular weight excluding hydrogens is 759 g/mol. The van der Waals surface area contributed by atoms with Crippen LogP contribution in [-0.2, 0) is 0 Å². The van der Waals surface area contributed by atoms with Crippen LogP contribution in [0.2, 0.25) is 0 Å². The van der Waals surface area contributed by atoms with E-state index in [9.17, 15) is 5.26 Å². The number of hydrogen-bond acceptors (Lipinski definition) is 7. The van der Waals surface area contributed by atoms with Crippen LogP contribution in [0.3, 0.4) is 0 Å². The lowest BCUT2D eigenvalue weighted by molar-refractivity contribution is 1.07. The molecule has 0 aliphatic heterocycles. The number of nitrogens with zero attached hydrogens (tertiary/aromatic N) is 7. The molecule has 7 nitrogen and oxygen atoms in total. The van der Waals surface area contributed by atoms with Gasteiger partial charge in [0.05, 0.1) is 11.6 Å². The van der Waals surface area contributed by atoms with Gasteiger partial charge in [0.2, 0.25) is 0 Å². The summed E-state index contributed by atoms with van der Waals surface area (Å²) in [5.74, 6) is 3.45. The zero-order chi connectivity index (χ0) is 41.7. The largest absolute Gasteiger partial charge is 0.208 e. The van der Waals surface area contributed by atoms with Crippen molar-refractivity contribution in [3.05, 3.63) is 218 Å². The van der Waals surface area contributed by atoms with Crippen molar-refractivity contribution in [2.75, 3.05) is 0 Å². The van der Waals surface area contributed by atoms with Gasteiger partial charge < -0.3 is 0 Å². The molecule has 0 fully saturated rings. The summed E-state index contributed by atoms with van der Waals surface area (Å²) in [6, 6.07) is 73.0. The zero-order valence-corrected chi connectivity index (χ0v) is 33.3. The molecule has 0 bridgehead atoms. The van der Waals surface area contributed by atoms with E-state index >= 15 is 0 Å². The Bertz CT molecular complexity index is 3180. The van der Waals surface area contributed by atoms with Gasteiger partial charge in [-0.3, -0.25) is 0 Å². The van der Waals surface area contributed by atoms with Crippen molar-refractivity contribution >= 4 is 0 Å². The van der Waals surface area contributed by atoms with E-state index < -0.39 is 0 Å². The van der Waals surface area contributed by atoms with Crippen molar-refractivity contribution < 1.29 is 0 Å². The van der Waals surface area contributed by atoms with Crippen molar-refractivity contribution in [2.24, 2.45) is 0 Å². The van der Waals surface area contributed by atoms with Crippen molar-refractivity contribution in [3.63, 3.8) is 0 Å². The molecule has 0 amide bonds. The topological polar surface area (TPSA) is 101 Å². The van der Waals surface area contributed by atoms with Crippen LogP contribution in [0.4, 0.5) is 0 Å². The third-order valence-corrected chi connectivity index (χ3v) is 10.7. The first-order valence-electron chi connectivity index (χ1n) is 20.3. The molecule has 8 aromatic carbocycles. The summed E-state index contributed by atoms with van der Waals surface area (Å²) in [4.78, 5) is 30.5. The Kier molecular flexibility index (Phi) is 10.2. The molecule has 0 saturated heterocycles. The molecule has 0 aliphatic rings. The number of hydrogen-bond donors (Lipinski definition) is 0. The van der Waals surface area contributed by atoms with E-state index in [1.807, 2.05) is 146 Å². The molecule has 0 radical (unpaired) electrons. The maximum absolute atomic E-state index is 9.37. The van der Waals surface area contributed by atoms with Crippen LogP contribution in [0.5, 0.6) is 0 Å². The smallest absolute Gasteiger partial charge is 0.164 e. The summed E-state index contributed by atoms with van der Waals surface area (Å²) in [7, 11) is 0. The Labute approximate surface area is 359 Å². The van der Waals surface area contributed by atoms with E-state index in [0.717, 1.165) is 66.8 Å². The Morgan fingerprint density at radius 3 is 0.952 bits per heavy atom. The van der Waals surface area contributed by atoms with Gasteiger partial charge in [-0.05, 0) is 51.6 Å². The van der Waals surface area contributed by atoms with Crippen LogP contribution in [0.15, 0.2) is 212 Å². The second-order valence-electron chi connectivity index (χ2n) is 14.6. The fraction of sp³-hybridized carbons (Fsp3) is 0. The van der Waals surface area contributed by atoms with E-state index in [0.29, 0.717) is 40.5 Å². The highest BCUT2D eigenvalue weighted by Crippen LogP contribution is 2.41. The molecule has 2 heterocycles. The Morgan fingerprint density at radius 1 is 0.242 bits per heavy atom. The van der Waals surface area contributed by atoms with Crippen LogP contribution >= 0.6 is 0 Å². The first kappa shape index (κ1) is 37.5. The monoisotopic (exact) mass is 793 g/mol. The number of benzene rings is 8. The normalized spacial score (nSPS) is 10.9. The first-order valence-corrected chi connectivity index (χ1v) is 20.3. The van der Waals surface area contributed by atoms with Crippen LogP contribution in [0.1, 0.15) is 5.56 Å². The highest BCUT2D eigenvalue weighted by Gasteiger charge is 2.21. The molecular formula is C55H35N7. The summed E-state index contributed by atoms with van der Waals surface area (Å²) in [6.45, 7) is 0. The molecule has 10 aromatic rings. The van der Waals surface area contributed by atoms with Crippen LogP contribution in [0.25, 0.3) is 102 Å². The highest BCUT2D eigenvalue weighted by atomic mass is 15.0. The van der Waals surface area contributed by atoms with Gasteiger partial charge >= 0.3 is 0 Å². The third-order valence-electron chi connectivity index (χ3n) is 10.7. The first-order chi connectivity index (χ1) is 30.7. The van der Waals surface area contributed by atoms with E-state index in [4.69, 9.17) is 29.9 Å². The standard InChI is InChI=1S/C55H35N7/c56-36-37-31-33-38(34-32-37)42-23-16-24-43(35-42)53-58-52(41-21-8-3-9-22-41)61-55(62-53)49-30-15-13-28-47(49)45-26-11-10-25-44(45)46-27-12-14-29-48(46)54-59-50(39-17-4-1-5-18-39)57-51(60-54)40-19-6-2-7-20-40/h1-35H. The van der Waals surface area contributed by atoms with E-state index in [1.54, 1.807) is 0 Å². The maximum Gasteiger partial charge on any atom is 0.164 e. The van der Waals surface area contributed by atoms with E-state index in [2.05, 4.69) is 72.8 Å². The lowest BCUT2D eigenvalue weighted by Gasteiger charge is -2.17. The molecule has 0 aliphatic carbocycles. The second-order valence-corrected chi connectivity index (χ2v) is 14.6. The molecule has 0 unspecified atom stereocenters.